The summed E-state index contributed by atoms with van der Waals surface area (Å²) in [4.78, 5) is 29.2. The first kappa shape index (κ1) is 16.8. The molecule has 1 aliphatic rings. The van der Waals surface area contributed by atoms with Crippen LogP contribution in [0.3, 0.4) is 0 Å². The number of rotatable bonds is 4. The summed E-state index contributed by atoms with van der Waals surface area (Å²) in [5.41, 5.74) is 2.35. The van der Waals surface area contributed by atoms with Gasteiger partial charge in [-0.05, 0) is 20.3 Å². The lowest BCUT2D eigenvalue weighted by molar-refractivity contribution is 0.0266. The lowest BCUT2D eigenvalue weighted by Gasteiger charge is -2.29. The molecular weight excluding hydrogens is 326 g/mol. The molecule has 128 valence electrons. The summed E-state index contributed by atoms with van der Waals surface area (Å²) in [5.74, 6) is 0.713. The molecule has 3 heterocycles. The van der Waals surface area contributed by atoms with Crippen molar-refractivity contribution in [2.75, 3.05) is 31.6 Å². The van der Waals surface area contributed by atoms with Crippen molar-refractivity contribution in [3.63, 3.8) is 0 Å². The average Bonchev–Trinajstić information content (AvgIpc) is 3.13. The number of aliphatic hydroxyl groups is 1. The summed E-state index contributed by atoms with van der Waals surface area (Å²) in [5, 5.41) is 10.9. The molecule has 1 N–H and O–H groups in total. The number of hydrogen-bond donors (Lipinski definition) is 1. The molecule has 0 aliphatic carbocycles. The Labute approximate surface area is 145 Å². The quantitative estimate of drug-likeness (QED) is 0.897. The summed E-state index contributed by atoms with van der Waals surface area (Å²) in [7, 11) is 1.72. The van der Waals surface area contributed by atoms with Crippen LogP contribution in [0.2, 0.25) is 0 Å². The molecule has 2 aromatic rings. The third kappa shape index (κ3) is 3.39. The zero-order valence-electron chi connectivity index (χ0n) is 14.1. The van der Waals surface area contributed by atoms with Gasteiger partial charge in [-0.25, -0.2) is 15.0 Å². The van der Waals surface area contributed by atoms with Gasteiger partial charge in [0.25, 0.3) is 5.91 Å². The summed E-state index contributed by atoms with van der Waals surface area (Å²) in [6, 6.07) is 1.90. The molecule has 1 saturated heterocycles. The second-order valence-corrected chi connectivity index (χ2v) is 7.20. The fourth-order valence-electron chi connectivity index (χ4n) is 2.99. The van der Waals surface area contributed by atoms with Gasteiger partial charge < -0.3 is 14.9 Å². The maximum absolute atomic E-state index is 12.5. The second kappa shape index (κ2) is 6.45. The van der Waals surface area contributed by atoms with Gasteiger partial charge in [0.15, 0.2) is 0 Å². The topological polar surface area (TPSA) is 82.5 Å². The minimum absolute atomic E-state index is 0.0974. The second-order valence-electron chi connectivity index (χ2n) is 6.34. The number of β-amino-alcohol motifs (C(OH)–C–C–N with tert-alkyl or cyclic N) is 1. The Balaban J connectivity index is 1.67. The van der Waals surface area contributed by atoms with Crippen molar-refractivity contribution in [3.8, 4) is 0 Å². The van der Waals surface area contributed by atoms with Crippen molar-refractivity contribution in [3.05, 3.63) is 34.2 Å². The summed E-state index contributed by atoms with van der Waals surface area (Å²) >= 11 is 1.33. The van der Waals surface area contributed by atoms with Gasteiger partial charge in [-0.1, -0.05) is 0 Å². The molecule has 7 nitrogen and oxygen atoms in total. The first-order valence-electron chi connectivity index (χ1n) is 7.79. The zero-order valence-corrected chi connectivity index (χ0v) is 14.9. The van der Waals surface area contributed by atoms with E-state index in [2.05, 4.69) is 15.0 Å². The van der Waals surface area contributed by atoms with E-state index in [0.29, 0.717) is 24.4 Å². The molecule has 0 aromatic carbocycles. The Hall–Kier alpha value is -2.06. The Morgan fingerprint density at radius 1 is 1.42 bits per heavy atom. The van der Waals surface area contributed by atoms with E-state index < -0.39 is 5.60 Å². The number of thiazole rings is 1. The van der Waals surface area contributed by atoms with E-state index in [9.17, 15) is 9.90 Å². The normalized spacial score (nSPS) is 20.4. The summed E-state index contributed by atoms with van der Waals surface area (Å²) in [6.07, 6.45) is 2.12. The molecule has 1 atom stereocenters. The van der Waals surface area contributed by atoms with Gasteiger partial charge >= 0.3 is 0 Å². The van der Waals surface area contributed by atoms with Gasteiger partial charge in [-0.2, -0.15) is 0 Å². The van der Waals surface area contributed by atoms with Gasteiger partial charge in [0, 0.05) is 31.9 Å². The van der Waals surface area contributed by atoms with Crippen LogP contribution in [0.1, 0.15) is 27.5 Å². The number of hydrogen-bond acceptors (Lipinski definition) is 7. The SMILES string of the molecule is Cc1cc(N2CCC(O)(CN(C)C(=O)c3scnc3C)C2)ncn1. The maximum Gasteiger partial charge on any atom is 0.265 e. The van der Waals surface area contributed by atoms with Crippen LogP contribution in [0.25, 0.3) is 0 Å². The monoisotopic (exact) mass is 347 g/mol. The lowest BCUT2D eigenvalue weighted by Crippen LogP contribution is -2.45. The molecule has 0 radical (unpaired) electrons. The van der Waals surface area contributed by atoms with Gasteiger partial charge in [-0.15, -0.1) is 11.3 Å². The van der Waals surface area contributed by atoms with Crippen LogP contribution in [-0.2, 0) is 0 Å². The van der Waals surface area contributed by atoms with Crippen LogP contribution in [0, 0.1) is 13.8 Å². The van der Waals surface area contributed by atoms with E-state index >= 15 is 0 Å². The van der Waals surface area contributed by atoms with Crippen molar-refractivity contribution in [1.82, 2.24) is 19.9 Å². The number of nitrogens with zero attached hydrogens (tertiary/aromatic N) is 5. The summed E-state index contributed by atoms with van der Waals surface area (Å²) < 4.78 is 0. The first-order valence-corrected chi connectivity index (χ1v) is 8.67. The largest absolute Gasteiger partial charge is 0.386 e. The highest BCUT2D eigenvalue weighted by atomic mass is 32.1. The third-order valence-corrected chi connectivity index (χ3v) is 5.18. The highest BCUT2D eigenvalue weighted by Gasteiger charge is 2.38. The van der Waals surface area contributed by atoms with E-state index in [0.717, 1.165) is 17.2 Å². The third-order valence-electron chi connectivity index (χ3n) is 4.26. The van der Waals surface area contributed by atoms with Crippen LogP contribution in [-0.4, -0.2) is 63.1 Å². The van der Waals surface area contributed by atoms with Crippen molar-refractivity contribution in [1.29, 1.82) is 0 Å². The number of amides is 1. The zero-order chi connectivity index (χ0) is 17.3. The van der Waals surface area contributed by atoms with Crippen molar-refractivity contribution in [2.24, 2.45) is 0 Å². The number of aromatic nitrogens is 3. The molecule has 2 aromatic heterocycles. The minimum Gasteiger partial charge on any atom is -0.386 e. The van der Waals surface area contributed by atoms with Crippen molar-refractivity contribution in [2.45, 2.75) is 25.9 Å². The Morgan fingerprint density at radius 2 is 2.21 bits per heavy atom. The Kier molecular flexibility index (Phi) is 4.51. The van der Waals surface area contributed by atoms with E-state index in [1.807, 2.05) is 24.8 Å². The number of anilines is 1. The van der Waals surface area contributed by atoms with Gasteiger partial charge in [-0.3, -0.25) is 4.79 Å². The predicted molar refractivity (Wildman–Crippen MR) is 92.4 cm³/mol. The first-order chi connectivity index (χ1) is 11.4. The fraction of sp³-hybridized carbons (Fsp3) is 0.500. The average molecular weight is 347 g/mol. The van der Waals surface area contributed by atoms with E-state index in [1.165, 1.54) is 17.7 Å². The molecule has 0 saturated carbocycles. The Morgan fingerprint density at radius 3 is 2.88 bits per heavy atom. The standard InChI is InChI=1S/C16H21N5O2S/c1-11-6-13(18-9-17-11)21-5-4-16(23,8-21)7-20(3)15(22)14-12(2)19-10-24-14/h6,9-10,23H,4-5,7-8H2,1-3H3. The molecule has 1 unspecified atom stereocenters. The highest BCUT2D eigenvalue weighted by molar-refractivity contribution is 7.11. The van der Waals surface area contributed by atoms with E-state index in [4.69, 9.17) is 0 Å². The van der Waals surface area contributed by atoms with Crippen LogP contribution < -0.4 is 4.90 Å². The van der Waals surface area contributed by atoms with Crippen LogP contribution >= 0.6 is 11.3 Å². The van der Waals surface area contributed by atoms with E-state index in [-0.39, 0.29) is 12.5 Å². The predicted octanol–water partition coefficient (Wildman–Crippen LogP) is 1.26. The van der Waals surface area contributed by atoms with Crippen LogP contribution in [0.4, 0.5) is 5.82 Å². The smallest absolute Gasteiger partial charge is 0.265 e. The van der Waals surface area contributed by atoms with Crippen LogP contribution in [0.5, 0.6) is 0 Å². The number of aryl methyl sites for hydroxylation is 2. The van der Waals surface area contributed by atoms with Gasteiger partial charge in [0.1, 0.15) is 22.6 Å². The highest BCUT2D eigenvalue weighted by Crippen LogP contribution is 2.27. The molecule has 1 fully saturated rings. The number of carbonyl (C=O) groups is 1. The summed E-state index contributed by atoms with van der Waals surface area (Å²) in [6.45, 7) is 5.17. The fourth-order valence-corrected chi connectivity index (χ4v) is 3.78. The number of likely N-dealkylation sites (N-methyl/N-ethyl adjacent to an activating group) is 1. The van der Waals surface area contributed by atoms with Gasteiger partial charge in [0.05, 0.1) is 17.7 Å². The molecule has 0 spiro atoms. The Bertz CT molecular complexity index is 750. The molecule has 1 aliphatic heterocycles. The van der Waals surface area contributed by atoms with Crippen molar-refractivity contribution >= 4 is 23.1 Å². The molecule has 24 heavy (non-hydrogen) atoms. The van der Waals surface area contributed by atoms with Gasteiger partial charge in [0.2, 0.25) is 0 Å². The molecule has 0 bridgehead atoms. The van der Waals surface area contributed by atoms with E-state index in [1.54, 1.807) is 17.5 Å². The minimum atomic E-state index is -0.943. The molecule has 1 amide bonds. The molecular formula is C16H21N5O2S. The molecule has 3 rings (SSSR count). The van der Waals surface area contributed by atoms with Crippen LogP contribution in [0.15, 0.2) is 17.9 Å². The molecule has 8 heteroatoms. The number of carbonyl (C=O) groups excluding carboxylic acids is 1. The lowest BCUT2D eigenvalue weighted by atomic mass is 10.0. The van der Waals surface area contributed by atoms with Crippen molar-refractivity contribution < 1.29 is 9.90 Å². The maximum atomic E-state index is 12.5.